The molecule has 0 N–H and O–H groups in total. The van der Waals surface area contributed by atoms with E-state index in [1.165, 1.54) is 11.1 Å². The van der Waals surface area contributed by atoms with E-state index < -0.39 is 0 Å². The average Bonchev–Trinajstić information content (AvgIpc) is 2.18. The second-order valence-electron chi connectivity index (χ2n) is 6.18. The average molecular weight is 236 g/mol. The predicted octanol–water partition coefficient (Wildman–Crippen LogP) is 6.16. The molecule has 0 spiro atoms. The smallest absolute Gasteiger partial charge is 0.0132 e. The summed E-state index contributed by atoms with van der Waals surface area (Å²) < 4.78 is 0. The highest BCUT2D eigenvalue weighted by Gasteiger charge is 2.14. The maximum atomic E-state index is 3.87. The second-order valence-corrected chi connectivity index (χ2v) is 6.18. The van der Waals surface area contributed by atoms with Gasteiger partial charge >= 0.3 is 0 Å². The third kappa shape index (κ3) is 8.01. The Kier molecular flexibility index (Phi) is 8.23. The molecule has 0 saturated heterocycles. The van der Waals surface area contributed by atoms with Gasteiger partial charge in [0.05, 0.1) is 0 Å². The Hall–Kier alpha value is -0.780. The van der Waals surface area contributed by atoms with Crippen molar-refractivity contribution < 1.29 is 0 Å². The van der Waals surface area contributed by atoms with Gasteiger partial charge in [-0.15, -0.1) is 0 Å². The third-order valence-corrected chi connectivity index (χ3v) is 2.78. The molecule has 0 bridgehead atoms. The Labute approximate surface area is 110 Å². The zero-order chi connectivity index (χ0) is 14.3. The molecule has 0 atom stereocenters. The van der Waals surface area contributed by atoms with E-state index in [0.717, 1.165) is 0 Å². The van der Waals surface area contributed by atoms with E-state index in [4.69, 9.17) is 0 Å². The first kappa shape index (κ1) is 18.6. The molecule has 0 aliphatic heterocycles. The molecule has 0 heteroatoms. The van der Waals surface area contributed by atoms with Gasteiger partial charge < -0.3 is 0 Å². The molecule has 0 aliphatic rings. The van der Waals surface area contributed by atoms with Crippen molar-refractivity contribution in [1.29, 1.82) is 0 Å². The lowest BCUT2D eigenvalue weighted by Crippen LogP contribution is -2.08. The van der Waals surface area contributed by atoms with E-state index in [9.17, 15) is 0 Å². The van der Waals surface area contributed by atoms with Crippen molar-refractivity contribution in [2.75, 3.05) is 0 Å². The van der Waals surface area contributed by atoms with Gasteiger partial charge in [-0.1, -0.05) is 85.8 Å². The molecule has 0 saturated carbocycles. The number of hydrogen-bond acceptors (Lipinski definition) is 0. The van der Waals surface area contributed by atoms with Gasteiger partial charge in [-0.25, -0.2) is 0 Å². The van der Waals surface area contributed by atoms with Gasteiger partial charge in [-0.2, -0.15) is 0 Å². The molecule has 0 aliphatic carbocycles. The fraction of sp³-hybridized carbons (Fsp3) is 0.647. The van der Waals surface area contributed by atoms with Crippen LogP contribution in [0.15, 0.2) is 36.0 Å². The molecule has 0 aromatic heterocycles. The lowest BCUT2D eigenvalue weighted by atomic mass is 9.84. The minimum Gasteiger partial charge on any atom is -0.0988 e. The van der Waals surface area contributed by atoms with Crippen LogP contribution in [0.25, 0.3) is 0 Å². The minimum atomic E-state index is 0.177. The van der Waals surface area contributed by atoms with Crippen molar-refractivity contribution in [3.05, 3.63) is 36.0 Å². The first-order valence-corrected chi connectivity index (χ1v) is 6.61. The summed E-state index contributed by atoms with van der Waals surface area (Å²) in [7, 11) is 0. The quantitative estimate of drug-likeness (QED) is 0.503. The highest BCUT2D eigenvalue weighted by molar-refractivity contribution is 5.29. The maximum absolute atomic E-state index is 3.87. The number of allylic oxidation sites excluding steroid dienone is 5. The maximum Gasteiger partial charge on any atom is -0.0132 e. The largest absolute Gasteiger partial charge is 0.0988 e. The van der Waals surface area contributed by atoms with Crippen LogP contribution in [0.4, 0.5) is 0 Å². The normalized spacial score (nSPS) is 13.9. The topological polar surface area (TPSA) is 0 Å². The van der Waals surface area contributed by atoms with Gasteiger partial charge in [0.25, 0.3) is 0 Å². The van der Waals surface area contributed by atoms with Crippen molar-refractivity contribution in [3.63, 3.8) is 0 Å². The summed E-state index contributed by atoms with van der Waals surface area (Å²) in [5, 5.41) is 0. The Morgan fingerprint density at radius 2 is 1.24 bits per heavy atom. The van der Waals surface area contributed by atoms with E-state index in [2.05, 4.69) is 67.2 Å². The van der Waals surface area contributed by atoms with Crippen molar-refractivity contribution in [2.45, 2.75) is 62.3 Å². The van der Waals surface area contributed by atoms with Crippen molar-refractivity contribution in [1.82, 2.24) is 0 Å². The first-order valence-electron chi connectivity index (χ1n) is 6.61. The highest BCUT2D eigenvalue weighted by Crippen LogP contribution is 2.28. The third-order valence-electron chi connectivity index (χ3n) is 2.78. The predicted molar refractivity (Wildman–Crippen MR) is 82.3 cm³/mol. The summed E-state index contributed by atoms with van der Waals surface area (Å²) in [6.45, 7) is 23.4. The van der Waals surface area contributed by atoms with Gasteiger partial charge in [-0.05, 0) is 23.3 Å². The van der Waals surface area contributed by atoms with Crippen LogP contribution in [0, 0.1) is 10.8 Å². The van der Waals surface area contributed by atoms with Gasteiger partial charge in [-0.3, -0.25) is 0 Å². The zero-order valence-corrected chi connectivity index (χ0v) is 13.4. The van der Waals surface area contributed by atoms with Crippen LogP contribution in [0.3, 0.4) is 0 Å². The Morgan fingerprint density at radius 3 is 1.47 bits per heavy atom. The highest BCUT2D eigenvalue weighted by atomic mass is 14.2. The van der Waals surface area contributed by atoms with E-state index in [-0.39, 0.29) is 10.8 Å². The van der Waals surface area contributed by atoms with E-state index in [1.54, 1.807) is 0 Å². The standard InChI is InChI=1S/C15H26.C2H6/c1-9-13(15(6,7)8)11-10-12(2)14(3,4)5;1-2/h9-11H,1H2,2-8H3;1-2H3/b12-10+,13-11+;. The van der Waals surface area contributed by atoms with E-state index in [1.807, 2.05) is 19.9 Å². The molecule has 0 aromatic carbocycles. The monoisotopic (exact) mass is 236 g/mol. The summed E-state index contributed by atoms with van der Waals surface area (Å²) >= 11 is 0. The van der Waals surface area contributed by atoms with E-state index in [0.29, 0.717) is 0 Å². The Balaban J connectivity index is 0. The molecule has 17 heavy (non-hydrogen) atoms. The summed E-state index contributed by atoms with van der Waals surface area (Å²) in [4.78, 5) is 0. The molecule has 0 heterocycles. The molecule has 0 nitrogen and oxygen atoms in total. The molecule has 0 aromatic rings. The van der Waals surface area contributed by atoms with E-state index >= 15 is 0 Å². The minimum absolute atomic E-state index is 0.177. The summed E-state index contributed by atoms with van der Waals surface area (Å²) in [6, 6.07) is 0. The zero-order valence-electron chi connectivity index (χ0n) is 13.4. The van der Waals surface area contributed by atoms with Gasteiger partial charge in [0.2, 0.25) is 0 Å². The van der Waals surface area contributed by atoms with Crippen LogP contribution >= 0.6 is 0 Å². The fourth-order valence-corrected chi connectivity index (χ4v) is 1.09. The van der Waals surface area contributed by atoms with Crippen LogP contribution in [0.1, 0.15) is 62.3 Å². The van der Waals surface area contributed by atoms with Crippen molar-refractivity contribution in [3.8, 4) is 0 Å². The van der Waals surface area contributed by atoms with Crippen LogP contribution in [-0.4, -0.2) is 0 Å². The molecule has 0 amide bonds. The Bertz CT molecular complexity index is 274. The summed E-state index contributed by atoms with van der Waals surface area (Å²) in [6.07, 6.45) is 6.35. The first-order chi connectivity index (χ1) is 7.59. The van der Waals surface area contributed by atoms with Gasteiger partial charge in [0.1, 0.15) is 0 Å². The number of hydrogen-bond donors (Lipinski definition) is 0. The van der Waals surface area contributed by atoms with Crippen LogP contribution in [0.5, 0.6) is 0 Å². The molecule has 100 valence electrons. The van der Waals surface area contributed by atoms with Gasteiger partial charge in [0.15, 0.2) is 0 Å². The summed E-state index contributed by atoms with van der Waals surface area (Å²) in [5.74, 6) is 0. The lowest BCUT2D eigenvalue weighted by Gasteiger charge is -2.21. The molecule has 0 fully saturated rings. The SMILES string of the molecule is C=C/C(=C\C=C(/C)C(C)(C)C)C(C)(C)C.CC. The molecular formula is C17H32. The molecule has 0 rings (SSSR count). The molecule has 0 radical (unpaired) electrons. The molecule has 0 unspecified atom stereocenters. The second kappa shape index (κ2) is 7.53. The van der Waals surface area contributed by atoms with Crippen molar-refractivity contribution >= 4 is 0 Å². The van der Waals surface area contributed by atoms with Crippen molar-refractivity contribution in [2.24, 2.45) is 10.8 Å². The lowest BCUT2D eigenvalue weighted by molar-refractivity contribution is 0.502. The van der Waals surface area contributed by atoms with Gasteiger partial charge in [0, 0.05) is 0 Å². The Morgan fingerprint density at radius 1 is 0.824 bits per heavy atom. The molecular weight excluding hydrogens is 204 g/mol. The number of rotatable bonds is 2. The fourth-order valence-electron chi connectivity index (χ4n) is 1.09. The van der Waals surface area contributed by atoms with Crippen LogP contribution < -0.4 is 0 Å². The van der Waals surface area contributed by atoms with Crippen LogP contribution in [-0.2, 0) is 0 Å². The van der Waals surface area contributed by atoms with Crippen LogP contribution in [0.2, 0.25) is 0 Å². The summed E-state index contributed by atoms with van der Waals surface area (Å²) in [5.41, 5.74) is 3.11.